The molecule has 2 heterocycles. The van der Waals surface area contributed by atoms with Crippen molar-refractivity contribution < 1.29 is 4.79 Å². The molecule has 6 rings (SSSR count). The van der Waals surface area contributed by atoms with E-state index in [1.165, 1.54) is 54.1 Å². The number of carbonyl (C=O) groups excluding carboxylic acids is 1. The molecule has 2 fully saturated rings. The normalized spacial score (nSPS) is 19.0. The van der Waals surface area contributed by atoms with Gasteiger partial charge < -0.3 is 15.2 Å². The topological polar surface area (TPSA) is 46.1 Å². The summed E-state index contributed by atoms with van der Waals surface area (Å²) >= 11 is 0. The summed E-state index contributed by atoms with van der Waals surface area (Å²) in [6.45, 7) is 4.35. The van der Waals surface area contributed by atoms with Crippen molar-refractivity contribution in [3.8, 4) is 0 Å². The van der Waals surface area contributed by atoms with E-state index >= 15 is 0 Å². The van der Waals surface area contributed by atoms with Crippen molar-refractivity contribution in [2.45, 2.75) is 89.1 Å². The van der Waals surface area contributed by atoms with Crippen molar-refractivity contribution in [1.29, 1.82) is 0 Å². The van der Waals surface area contributed by atoms with Crippen LogP contribution < -0.4 is 10.6 Å². The van der Waals surface area contributed by atoms with Crippen LogP contribution >= 0.6 is 0 Å². The number of amides is 1. The van der Waals surface area contributed by atoms with Crippen molar-refractivity contribution in [3.63, 3.8) is 0 Å². The Morgan fingerprint density at radius 1 is 0.833 bits per heavy atom. The first-order chi connectivity index (χ1) is 20.8. The predicted octanol–water partition coefficient (Wildman–Crippen LogP) is 8.61. The molecule has 0 bridgehead atoms. The van der Waals surface area contributed by atoms with Gasteiger partial charge in [0.2, 0.25) is 0 Å². The first-order valence-electron chi connectivity index (χ1n) is 16.5. The minimum absolute atomic E-state index is 0.0411. The third-order valence-electron chi connectivity index (χ3n) is 9.72. The smallest absolute Gasteiger partial charge is 0.268 e. The molecule has 2 unspecified atom stereocenters. The zero-order chi connectivity index (χ0) is 28.7. The van der Waals surface area contributed by atoms with E-state index in [0.29, 0.717) is 5.92 Å². The standard InChI is InChI=1S/C38H47N3O/c1-2-16-33(30-25-26-39-27-30)41-34-24-15-14-23-32(34)36(37(41)38(42)40-31-21-12-4-3-5-13-22-31)35(28-17-8-6-9-18-28)29-19-10-7-11-20-29/h6-11,14-15,17-20,23-24,30-31,33,35,39H,2-5,12-13,16,21-22,25-27H2,1H3,(H,40,42). The molecule has 4 nitrogen and oxygen atoms in total. The summed E-state index contributed by atoms with van der Waals surface area (Å²) in [5, 5.41) is 8.44. The average molecular weight is 562 g/mol. The minimum Gasteiger partial charge on any atom is -0.348 e. The van der Waals surface area contributed by atoms with E-state index in [1.807, 2.05) is 0 Å². The first kappa shape index (κ1) is 28.7. The fourth-order valence-corrected chi connectivity index (χ4v) is 7.71. The van der Waals surface area contributed by atoms with E-state index in [0.717, 1.165) is 56.5 Å². The van der Waals surface area contributed by atoms with Crippen molar-refractivity contribution in [3.05, 3.63) is 107 Å². The van der Waals surface area contributed by atoms with Crippen LogP contribution in [0.25, 0.3) is 10.9 Å². The molecule has 1 amide bonds. The maximum Gasteiger partial charge on any atom is 0.268 e. The molecule has 0 radical (unpaired) electrons. The summed E-state index contributed by atoms with van der Waals surface area (Å²) in [6.07, 6.45) is 11.7. The van der Waals surface area contributed by atoms with Gasteiger partial charge in [0.25, 0.3) is 5.91 Å². The van der Waals surface area contributed by atoms with Gasteiger partial charge in [-0.15, -0.1) is 0 Å². The Balaban J connectivity index is 1.58. The number of nitrogens with zero attached hydrogens (tertiary/aromatic N) is 1. The Morgan fingerprint density at radius 3 is 2.07 bits per heavy atom. The van der Waals surface area contributed by atoms with E-state index in [2.05, 4.69) is 107 Å². The van der Waals surface area contributed by atoms with E-state index in [9.17, 15) is 4.79 Å². The second-order valence-corrected chi connectivity index (χ2v) is 12.5. The van der Waals surface area contributed by atoms with E-state index < -0.39 is 0 Å². The summed E-state index contributed by atoms with van der Waals surface area (Å²) in [6, 6.07) is 30.9. The number of nitrogens with one attached hydrogen (secondary N) is 2. The van der Waals surface area contributed by atoms with Crippen molar-refractivity contribution in [2.24, 2.45) is 5.92 Å². The number of hydrogen-bond acceptors (Lipinski definition) is 2. The molecule has 2 N–H and O–H groups in total. The highest BCUT2D eigenvalue weighted by Gasteiger charge is 2.36. The molecule has 2 aliphatic rings. The lowest BCUT2D eigenvalue weighted by atomic mass is 9.83. The third kappa shape index (κ3) is 6.06. The van der Waals surface area contributed by atoms with Gasteiger partial charge in [-0.1, -0.05) is 124 Å². The number of rotatable bonds is 9. The Hall–Kier alpha value is -3.37. The highest BCUT2D eigenvalue weighted by molar-refractivity contribution is 6.03. The van der Waals surface area contributed by atoms with Crippen LogP contribution in [-0.4, -0.2) is 29.6 Å². The van der Waals surface area contributed by atoms with Crippen LogP contribution in [0.4, 0.5) is 0 Å². The van der Waals surface area contributed by atoms with Gasteiger partial charge in [0.05, 0.1) is 0 Å². The molecule has 1 aliphatic heterocycles. The molecule has 42 heavy (non-hydrogen) atoms. The van der Waals surface area contributed by atoms with Gasteiger partial charge in [-0.3, -0.25) is 4.79 Å². The Bertz CT molecular complexity index is 1390. The number of carbonyl (C=O) groups is 1. The maximum absolute atomic E-state index is 14.9. The number of para-hydroxylation sites is 1. The van der Waals surface area contributed by atoms with Crippen LogP contribution in [0.3, 0.4) is 0 Å². The largest absolute Gasteiger partial charge is 0.348 e. The predicted molar refractivity (Wildman–Crippen MR) is 174 cm³/mol. The van der Waals surface area contributed by atoms with Gasteiger partial charge in [0.1, 0.15) is 5.69 Å². The van der Waals surface area contributed by atoms with Crippen LogP contribution in [-0.2, 0) is 0 Å². The van der Waals surface area contributed by atoms with Crippen LogP contribution in [0, 0.1) is 5.92 Å². The summed E-state index contributed by atoms with van der Waals surface area (Å²) in [7, 11) is 0. The summed E-state index contributed by atoms with van der Waals surface area (Å²) < 4.78 is 2.49. The van der Waals surface area contributed by atoms with Crippen molar-refractivity contribution in [2.75, 3.05) is 13.1 Å². The van der Waals surface area contributed by atoms with Crippen LogP contribution in [0.2, 0.25) is 0 Å². The second-order valence-electron chi connectivity index (χ2n) is 12.5. The molecule has 2 atom stereocenters. The molecular weight excluding hydrogens is 514 g/mol. The Kier molecular flexibility index (Phi) is 9.40. The summed E-state index contributed by atoms with van der Waals surface area (Å²) in [4.78, 5) is 14.9. The van der Waals surface area contributed by atoms with Crippen LogP contribution in [0.15, 0.2) is 84.9 Å². The minimum atomic E-state index is -0.0411. The van der Waals surface area contributed by atoms with Gasteiger partial charge in [-0.05, 0) is 61.9 Å². The summed E-state index contributed by atoms with van der Waals surface area (Å²) in [5.41, 5.74) is 5.67. The molecule has 0 spiro atoms. The number of benzene rings is 3. The lowest BCUT2D eigenvalue weighted by Gasteiger charge is -2.29. The van der Waals surface area contributed by atoms with Crippen molar-refractivity contribution in [1.82, 2.24) is 15.2 Å². The highest BCUT2D eigenvalue weighted by atomic mass is 16.2. The average Bonchev–Trinajstić information content (AvgIpc) is 3.66. The lowest BCUT2D eigenvalue weighted by molar-refractivity contribution is 0.0915. The monoisotopic (exact) mass is 561 g/mol. The molecule has 1 aliphatic carbocycles. The maximum atomic E-state index is 14.9. The fraction of sp³-hybridized carbons (Fsp3) is 0.447. The van der Waals surface area contributed by atoms with Gasteiger partial charge >= 0.3 is 0 Å². The zero-order valence-corrected chi connectivity index (χ0v) is 25.2. The highest BCUT2D eigenvalue weighted by Crippen LogP contribution is 2.43. The molecule has 220 valence electrons. The number of aromatic nitrogens is 1. The number of fused-ring (bicyclic) bond motifs is 1. The zero-order valence-electron chi connectivity index (χ0n) is 25.2. The van der Waals surface area contributed by atoms with E-state index in [-0.39, 0.29) is 23.9 Å². The van der Waals surface area contributed by atoms with E-state index in [4.69, 9.17) is 0 Å². The van der Waals surface area contributed by atoms with Gasteiger partial charge in [0.15, 0.2) is 0 Å². The number of hydrogen-bond donors (Lipinski definition) is 2. The SMILES string of the molecule is CCCC(C1CCNC1)n1c(C(=O)NC2CCCCCCC2)c(C(c2ccccc2)c2ccccc2)c2ccccc21. The molecule has 3 aromatic carbocycles. The first-order valence-corrected chi connectivity index (χ1v) is 16.5. The van der Waals surface area contributed by atoms with Crippen LogP contribution in [0.5, 0.6) is 0 Å². The fourth-order valence-electron chi connectivity index (χ4n) is 7.71. The molecule has 4 aromatic rings. The van der Waals surface area contributed by atoms with Gasteiger partial charge in [-0.25, -0.2) is 0 Å². The van der Waals surface area contributed by atoms with Gasteiger partial charge in [0, 0.05) is 34.5 Å². The van der Waals surface area contributed by atoms with Crippen molar-refractivity contribution >= 4 is 16.8 Å². The molecule has 1 saturated heterocycles. The second kappa shape index (κ2) is 13.7. The Labute approximate surface area is 251 Å². The molecule has 1 saturated carbocycles. The lowest BCUT2D eigenvalue weighted by Crippen LogP contribution is -2.38. The Morgan fingerprint density at radius 2 is 1.45 bits per heavy atom. The summed E-state index contributed by atoms with van der Waals surface area (Å²) in [5.74, 6) is 0.574. The molecular formula is C38H47N3O. The third-order valence-corrected chi connectivity index (χ3v) is 9.72. The van der Waals surface area contributed by atoms with E-state index in [1.54, 1.807) is 0 Å². The molecule has 4 heteroatoms. The van der Waals surface area contributed by atoms with Crippen LogP contribution in [0.1, 0.15) is 110 Å². The quantitative estimate of drug-likeness (QED) is 0.215. The van der Waals surface area contributed by atoms with Gasteiger partial charge in [-0.2, -0.15) is 0 Å². The molecule has 1 aromatic heterocycles.